The predicted octanol–water partition coefficient (Wildman–Crippen LogP) is 3.48. The molecule has 0 unspecified atom stereocenters. The minimum atomic E-state index is 0.568. The number of nitrogens with one attached hydrogen (secondary N) is 1. The van der Waals surface area contributed by atoms with Gasteiger partial charge < -0.3 is 5.32 Å². The molecule has 0 saturated heterocycles. The van der Waals surface area contributed by atoms with Crippen LogP contribution < -0.4 is 5.32 Å². The lowest BCUT2D eigenvalue weighted by Gasteiger charge is -2.10. The molecule has 2 rings (SSSR count). The fourth-order valence-electron chi connectivity index (χ4n) is 2.01. The molecule has 2 heterocycles. The summed E-state index contributed by atoms with van der Waals surface area (Å²) < 4.78 is 0. The molecule has 0 fully saturated rings. The Morgan fingerprint density at radius 2 is 2.00 bits per heavy atom. The summed E-state index contributed by atoms with van der Waals surface area (Å²) in [5.74, 6) is 2.13. The summed E-state index contributed by atoms with van der Waals surface area (Å²) in [7, 11) is 0. The first-order chi connectivity index (χ1) is 9.58. The molecule has 106 valence electrons. The number of aryl methyl sites for hydroxylation is 1. The van der Waals surface area contributed by atoms with Gasteiger partial charge in [-0.15, -0.1) is 0 Å². The molecule has 1 N–H and O–H groups in total. The van der Waals surface area contributed by atoms with Gasteiger partial charge in [-0.25, -0.2) is 9.97 Å². The first-order valence-corrected chi connectivity index (χ1v) is 7.13. The monoisotopic (exact) mass is 270 g/mol. The van der Waals surface area contributed by atoms with Gasteiger partial charge in [0.05, 0.1) is 0 Å². The highest BCUT2D eigenvalue weighted by molar-refractivity contribution is 5.53. The van der Waals surface area contributed by atoms with E-state index in [4.69, 9.17) is 0 Å². The van der Waals surface area contributed by atoms with E-state index in [0.717, 1.165) is 35.7 Å². The van der Waals surface area contributed by atoms with E-state index in [9.17, 15) is 0 Å². The van der Waals surface area contributed by atoms with Crippen molar-refractivity contribution in [2.24, 2.45) is 5.92 Å². The smallest absolute Gasteiger partial charge is 0.180 e. The Kier molecular flexibility index (Phi) is 4.66. The Hall–Kier alpha value is -1.97. The van der Waals surface area contributed by atoms with Crippen LogP contribution in [-0.4, -0.2) is 21.5 Å². The predicted molar refractivity (Wildman–Crippen MR) is 82.7 cm³/mol. The number of hydrogen-bond acceptors (Lipinski definition) is 4. The molecule has 0 amide bonds. The highest BCUT2D eigenvalue weighted by Gasteiger charge is 2.09. The minimum absolute atomic E-state index is 0.568. The van der Waals surface area contributed by atoms with Gasteiger partial charge in [-0.3, -0.25) is 4.98 Å². The highest BCUT2D eigenvalue weighted by atomic mass is 15.0. The average molecular weight is 270 g/mol. The topological polar surface area (TPSA) is 50.7 Å². The maximum atomic E-state index is 4.64. The Bertz CT molecular complexity index is 561. The molecule has 0 aromatic carbocycles. The summed E-state index contributed by atoms with van der Waals surface area (Å²) in [5, 5.41) is 3.26. The third-order valence-corrected chi connectivity index (χ3v) is 2.89. The van der Waals surface area contributed by atoms with E-state index in [1.54, 1.807) is 0 Å². The van der Waals surface area contributed by atoms with Crippen molar-refractivity contribution in [3.8, 4) is 11.5 Å². The lowest BCUT2D eigenvalue weighted by atomic mass is 10.1. The molecule has 20 heavy (non-hydrogen) atoms. The van der Waals surface area contributed by atoms with Gasteiger partial charge in [0.25, 0.3) is 0 Å². The first kappa shape index (κ1) is 14.4. The van der Waals surface area contributed by atoms with Crippen molar-refractivity contribution in [1.82, 2.24) is 15.0 Å². The second-order valence-electron chi connectivity index (χ2n) is 5.42. The summed E-state index contributed by atoms with van der Waals surface area (Å²) in [6, 6.07) is 6.04. The van der Waals surface area contributed by atoms with Crippen LogP contribution in [0.1, 0.15) is 32.0 Å². The molecule has 2 aromatic rings. The van der Waals surface area contributed by atoms with E-state index in [0.29, 0.717) is 11.7 Å². The minimum Gasteiger partial charge on any atom is -0.370 e. The van der Waals surface area contributed by atoms with Crippen molar-refractivity contribution >= 4 is 5.82 Å². The molecule has 0 spiro atoms. The van der Waals surface area contributed by atoms with Crippen molar-refractivity contribution < 1.29 is 0 Å². The summed E-state index contributed by atoms with van der Waals surface area (Å²) in [6.45, 7) is 9.32. The summed E-state index contributed by atoms with van der Waals surface area (Å²) in [5.41, 5.74) is 3.02. The molecule has 0 atom stereocenters. The van der Waals surface area contributed by atoms with Crippen molar-refractivity contribution in [3.05, 3.63) is 35.7 Å². The zero-order valence-electron chi connectivity index (χ0n) is 12.6. The molecule has 0 bridgehead atoms. The molecule has 0 aliphatic carbocycles. The maximum absolute atomic E-state index is 4.64. The van der Waals surface area contributed by atoms with Crippen LogP contribution in [0.25, 0.3) is 11.5 Å². The van der Waals surface area contributed by atoms with Crippen LogP contribution in [0.5, 0.6) is 0 Å². The number of hydrogen-bond donors (Lipinski definition) is 1. The highest BCUT2D eigenvalue weighted by Crippen LogP contribution is 2.18. The van der Waals surface area contributed by atoms with Gasteiger partial charge in [0.2, 0.25) is 0 Å². The standard InChI is InChI=1S/C16H22N4/c1-5-17-15-9-13(8-11(2)3)19-16(20-15)14-7-6-12(4)10-18-14/h6-7,9-11H,5,8H2,1-4H3,(H,17,19,20). The van der Waals surface area contributed by atoms with Crippen LogP contribution in [-0.2, 0) is 6.42 Å². The third-order valence-electron chi connectivity index (χ3n) is 2.89. The Morgan fingerprint density at radius 3 is 2.60 bits per heavy atom. The van der Waals surface area contributed by atoms with Gasteiger partial charge in [-0.1, -0.05) is 19.9 Å². The number of anilines is 1. The van der Waals surface area contributed by atoms with Crippen LogP contribution in [0.4, 0.5) is 5.82 Å². The van der Waals surface area contributed by atoms with Gasteiger partial charge in [-0.05, 0) is 37.8 Å². The van der Waals surface area contributed by atoms with E-state index in [2.05, 4.69) is 41.0 Å². The summed E-state index contributed by atoms with van der Waals surface area (Å²) in [6.07, 6.45) is 2.79. The Labute approximate surface area is 120 Å². The largest absolute Gasteiger partial charge is 0.370 e. The number of rotatable bonds is 5. The van der Waals surface area contributed by atoms with Crippen LogP contribution >= 0.6 is 0 Å². The zero-order chi connectivity index (χ0) is 14.5. The number of aromatic nitrogens is 3. The molecule has 0 saturated carbocycles. The van der Waals surface area contributed by atoms with Crippen LogP contribution in [0.3, 0.4) is 0 Å². The van der Waals surface area contributed by atoms with Crippen molar-refractivity contribution in [2.75, 3.05) is 11.9 Å². The number of nitrogens with zero attached hydrogens (tertiary/aromatic N) is 3. The van der Waals surface area contributed by atoms with Crippen molar-refractivity contribution in [1.29, 1.82) is 0 Å². The molecule has 0 aliphatic heterocycles. The second-order valence-corrected chi connectivity index (χ2v) is 5.42. The maximum Gasteiger partial charge on any atom is 0.180 e. The molecule has 0 radical (unpaired) electrons. The van der Waals surface area contributed by atoms with Gasteiger partial charge in [0, 0.05) is 24.5 Å². The van der Waals surface area contributed by atoms with E-state index in [-0.39, 0.29) is 0 Å². The van der Waals surface area contributed by atoms with Crippen LogP contribution in [0.15, 0.2) is 24.4 Å². The fraction of sp³-hybridized carbons (Fsp3) is 0.438. The average Bonchev–Trinajstić information content (AvgIpc) is 2.38. The Balaban J connectivity index is 2.40. The molecule has 4 nitrogen and oxygen atoms in total. The molecular formula is C16H22N4. The van der Waals surface area contributed by atoms with Gasteiger partial charge in [0.1, 0.15) is 11.5 Å². The van der Waals surface area contributed by atoms with E-state index >= 15 is 0 Å². The van der Waals surface area contributed by atoms with E-state index in [1.165, 1.54) is 0 Å². The van der Waals surface area contributed by atoms with Crippen LogP contribution in [0, 0.1) is 12.8 Å². The van der Waals surface area contributed by atoms with Gasteiger partial charge in [-0.2, -0.15) is 0 Å². The molecular weight excluding hydrogens is 248 g/mol. The fourth-order valence-corrected chi connectivity index (χ4v) is 2.01. The quantitative estimate of drug-likeness (QED) is 0.903. The van der Waals surface area contributed by atoms with E-state index < -0.39 is 0 Å². The SMILES string of the molecule is CCNc1cc(CC(C)C)nc(-c2ccc(C)cn2)n1. The molecule has 2 aromatic heterocycles. The molecule has 4 heteroatoms. The lowest BCUT2D eigenvalue weighted by molar-refractivity contribution is 0.634. The van der Waals surface area contributed by atoms with E-state index in [1.807, 2.05) is 31.3 Å². The summed E-state index contributed by atoms with van der Waals surface area (Å²) >= 11 is 0. The first-order valence-electron chi connectivity index (χ1n) is 7.13. The Morgan fingerprint density at radius 1 is 1.20 bits per heavy atom. The molecule has 0 aliphatic rings. The van der Waals surface area contributed by atoms with Crippen molar-refractivity contribution in [3.63, 3.8) is 0 Å². The number of pyridine rings is 1. The van der Waals surface area contributed by atoms with Crippen LogP contribution in [0.2, 0.25) is 0 Å². The van der Waals surface area contributed by atoms with Gasteiger partial charge >= 0.3 is 0 Å². The normalized spacial score (nSPS) is 10.8. The third kappa shape index (κ3) is 3.76. The second kappa shape index (κ2) is 6.46. The lowest BCUT2D eigenvalue weighted by Crippen LogP contribution is -2.06. The van der Waals surface area contributed by atoms with Gasteiger partial charge in [0.15, 0.2) is 5.82 Å². The van der Waals surface area contributed by atoms with Crippen molar-refractivity contribution in [2.45, 2.75) is 34.1 Å². The summed E-state index contributed by atoms with van der Waals surface area (Å²) in [4.78, 5) is 13.6. The zero-order valence-corrected chi connectivity index (χ0v) is 12.6.